The van der Waals surface area contributed by atoms with Crippen LogP contribution >= 0.6 is 0 Å². The third kappa shape index (κ3) is 1.01. The fourth-order valence-corrected chi connectivity index (χ4v) is 1.75. The molecule has 2 fully saturated rings. The summed E-state index contributed by atoms with van der Waals surface area (Å²) in [6.45, 7) is 1.47. The molecular formula is C6H11N3O2. The number of hydrogen-bond acceptors (Lipinski definition) is 4. The van der Waals surface area contributed by atoms with E-state index in [1.165, 1.54) is 0 Å². The van der Waals surface area contributed by atoms with Gasteiger partial charge in [0.1, 0.15) is 6.04 Å². The van der Waals surface area contributed by atoms with E-state index in [1.54, 1.807) is 0 Å². The number of fused-ring (bicyclic) bond motifs is 1. The molecule has 0 radical (unpaired) electrons. The van der Waals surface area contributed by atoms with E-state index in [0.717, 1.165) is 13.2 Å². The first kappa shape index (κ1) is 7.02. The summed E-state index contributed by atoms with van der Waals surface area (Å²) in [4.78, 5) is 10.6. The van der Waals surface area contributed by atoms with Gasteiger partial charge >= 0.3 is 5.97 Å². The normalized spacial score (nSPS) is 42.4. The van der Waals surface area contributed by atoms with Gasteiger partial charge in [-0.15, -0.1) is 0 Å². The molecule has 11 heavy (non-hydrogen) atoms. The zero-order chi connectivity index (χ0) is 7.84. The molecule has 3 unspecified atom stereocenters. The number of rotatable bonds is 1. The molecule has 0 spiro atoms. The largest absolute Gasteiger partial charge is 0.480 e. The third-order valence-corrected chi connectivity index (χ3v) is 2.32. The molecule has 0 aromatic heterocycles. The van der Waals surface area contributed by atoms with Crippen molar-refractivity contribution in [3.63, 3.8) is 0 Å². The number of carboxylic acids is 1. The van der Waals surface area contributed by atoms with Crippen LogP contribution in [0.1, 0.15) is 0 Å². The molecule has 3 atom stereocenters. The van der Waals surface area contributed by atoms with Crippen molar-refractivity contribution >= 4 is 5.97 Å². The highest BCUT2D eigenvalue weighted by Gasteiger charge is 2.42. The second-order valence-electron chi connectivity index (χ2n) is 2.94. The van der Waals surface area contributed by atoms with E-state index in [4.69, 9.17) is 5.11 Å². The van der Waals surface area contributed by atoms with Crippen LogP contribution in [-0.2, 0) is 4.79 Å². The van der Waals surface area contributed by atoms with Crippen molar-refractivity contribution in [2.24, 2.45) is 0 Å². The van der Waals surface area contributed by atoms with Crippen LogP contribution in [0.3, 0.4) is 0 Å². The van der Waals surface area contributed by atoms with E-state index in [2.05, 4.69) is 16.0 Å². The van der Waals surface area contributed by atoms with Gasteiger partial charge in [0.2, 0.25) is 0 Å². The Balaban J connectivity index is 2.08. The molecule has 2 aliphatic rings. The van der Waals surface area contributed by atoms with E-state index < -0.39 is 12.0 Å². The number of hydrogen-bond donors (Lipinski definition) is 4. The quantitative estimate of drug-likeness (QED) is 0.352. The van der Waals surface area contributed by atoms with E-state index in [9.17, 15) is 4.79 Å². The van der Waals surface area contributed by atoms with E-state index in [0.29, 0.717) is 0 Å². The lowest BCUT2D eigenvalue weighted by molar-refractivity contribution is -0.139. The molecule has 2 saturated heterocycles. The fourth-order valence-electron chi connectivity index (χ4n) is 1.75. The number of aliphatic carboxylic acids is 1. The van der Waals surface area contributed by atoms with Gasteiger partial charge in [0, 0.05) is 19.3 Å². The predicted octanol–water partition coefficient (Wildman–Crippen LogP) is -2.07. The van der Waals surface area contributed by atoms with Gasteiger partial charge in [-0.25, -0.2) is 0 Å². The first-order chi connectivity index (χ1) is 5.29. The Labute approximate surface area is 64.2 Å². The molecule has 0 aliphatic carbocycles. The van der Waals surface area contributed by atoms with Crippen molar-refractivity contribution in [1.82, 2.24) is 16.0 Å². The van der Waals surface area contributed by atoms with Gasteiger partial charge in [-0.05, 0) is 0 Å². The Morgan fingerprint density at radius 1 is 1.36 bits per heavy atom. The molecule has 2 aliphatic heterocycles. The lowest BCUT2D eigenvalue weighted by Gasteiger charge is -2.12. The lowest BCUT2D eigenvalue weighted by atomic mass is 10.1. The Morgan fingerprint density at radius 2 is 2.18 bits per heavy atom. The SMILES string of the molecule is O=C(O)C1NCC2NCNC21. The minimum Gasteiger partial charge on any atom is -0.480 e. The molecule has 0 aromatic carbocycles. The highest BCUT2D eigenvalue weighted by atomic mass is 16.4. The summed E-state index contributed by atoms with van der Waals surface area (Å²) in [5.74, 6) is -0.770. The van der Waals surface area contributed by atoms with Crippen molar-refractivity contribution < 1.29 is 9.90 Å². The average Bonchev–Trinajstić information content (AvgIpc) is 2.41. The first-order valence-corrected chi connectivity index (χ1v) is 3.72. The van der Waals surface area contributed by atoms with Crippen LogP contribution in [-0.4, -0.2) is 42.4 Å². The smallest absolute Gasteiger partial charge is 0.322 e. The zero-order valence-electron chi connectivity index (χ0n) is 6.00. The van der Waals surface area contributed by atoms with Gasteiger partial charge in [-0.1, -0.05) is 0 Å². The summed E-state index contributed by atoms with van der Waals surface area (Å²) in [5.41, 5.74) is 0. The van der Waals surface area contributed by atoms with Crippen molar-refractivity contribution in [3.05, 3.63) is 0 Å². The van der Waals surface area contributed by atoms with Crippen molar-refractivity contribution in [3.8, 4) is 0 Å². The number of carboxylic acid groups (broad SMARTS) is 1. The molecule has 0 aromatic rings. The molecule has 2 heterocycles. The molecule has 2 rings (SSSR count). The van der Waals surface area contributed by atoms with Crippen LogP contribution < -0.4 is 16.0 Å². The highest BCUT2D eigenvalue weighted by Crippen LogP contribution is 2.11. The molecule has 0 bridgehead atoms. The van der Waals surface area contributed by atoms with Gasteiger partial charge in [-0.3, -0.25) is 15.4 Å². The van der Waals surface area contributed by atoms with Crippen LogP contribution in [0.15, 0.2) is 0 Å². The van der Waals surface area contributed by atoms with Crippen molar-refractivity contribution in [1.29, 1.82) is 0 Å². The zero-order valence-corrected chi connectivity index (χ0v) is 6.00. The maximum Gasteiger partial charge on any atom is 0.322 e. The summed E-state index contributed by atoms with van der Waals surface area (Å²) in [7, 11) is 0. The van der Waals surface area contributed by atoms with Gasteiger partial charge in [0.15, 0.2) is 0 Å². The monoisotopic (exact) mass is 157 g/mol. The maximum absolute atomic E-state index is 10.6. The predicted molar refractivity (Wildman–Crippen MR) is 38.1 cm³/mol. The average molecular weight is 157 g/mol. The lowest BCUT2D eigenvalue weighted by Crippen LogP contribution is -2.45. The molecule has 0 saturated carbocycles. The second-order valence-corrected chi connectivity index (χ2v) is 2.94. The summed E-state index contributed by atoms with van der Waals surface area (Å²) in [5, 5.41) is 17.9. The third-order valence-electron chi connectivity index (χ3n) is 2.32. The van der Waals surface area contributed by atoms with E-state index in [-0.39, 0.29) is 12.1 Å². The molecule has 5 heteroatoms. The summed E-state index contributed by atoms with van der Waals surface area (Å²) in [6, 6.07) is -0.0707. The van der Waals surface area contributed by atoms with Crippen LogP contribution in [0.4, 0.5) is 0 Å². The molecule has 0 amide bonds. The number of nitrogens with one attached hydrogen (secondary N) is 3. The van der Waals surface area contributed by atoms with Crippen LogP contribution in [0.5, 0.6) is 0 Å². The van der Waals surface area contributed by atoms with E-state index >= 15 is 0 Å². The molecule has 5 nitrogen and oxygen atoms in total. The first-order valence-electron chi connectivity index (χ1n) is 3.72. The summed E-state index contributed by atoms with van der Waals surface area (Å²) in [6.07, 6.45) is 0. The van der Waals surface area contributed by atoms with Crippen molar-refractivity contribution in [2.45, 2.75) is 18.1 Å². The Hall–Kier alpha value is -0.650. The highest BCUT2D eigenvalue weighted by molar-refractivity contribution is 5.75. The summed E-state index contributed by atoms with van der Waals surface area (Å²) < 4.78 is 0. The standard InChI is InChI=1S/C6H11N3O2/c10-6(11)5-4-3(1-7-5)8-2-9-4/h3-5,7-9H,1-2H2,(H,10,11). The summed E-state index contributed by atoms with van der Waals surface area (Å²) >= 11 is 0. The minimum absolute atomic E-state index is 0.0625. The van der Waals surface area contributed by atoms with Crippen molar-refractivity contribution in [2.75, 3.05) is 13.2 Å². The fraction of sp³-hybridized carbons (Fsp3) is 0.833. The second kappa shape index (κ2) is 2.44. The molecule has 4 N–H and O–H groups in total. The van der Waals surface area contributed by atoms with Crippen LogP contribution in [0, 0.1) is 0 Å². The van der Waals surface area contributed by atoms with Crippen LogP contribution in [0.25, 0.3) is 0 Å². The van der Waals surface area contributed by atoms with Gasteiger partial charge in [0.25, 0.3) is 0 Å². The minimum atomic E-state index is -0.770. The molecule has 62 valence electrons. The topological polar surface area (TPSA) is 73.4 Å². The molecular weight excluding hydrogens is 146 g/mol. The Kier molecular flexibility index (Phi) is 1.56. The maximum atomic E-state index is 10.6. The van der Waals surface area contributed by atoms with E-state index in [1.807, 2.05) is 0 Å². The van der Waals surface area contributed by atoms with Gasteiger partial charge in [0.05, 0.1) is 6.04 Å². The van der Waals surface area contributed by atoms with Gasteiger partial charge in [-0.2, -0.15) is 0 Å². The Morgan fingerprint density at radius 3 is 2.91 bits per heavy atom. The van der Waals surface area contributed by atoms with Crippen LogP contribution in [0.2, 0.25) is 0 Å². The van der Waals surface area contributed by atoms with Gasteiger partial charge < -0.3 is 10.4 Å². The number of carbonyl (C=O) groups is 1. The Bertz CT molecular complexity index is 185.